The van der Waals surface area contributed by atoms with Crippen LogP contribution in [-0.4, -0.2) is 49.1 Å². The van der Waals surface area contributed by atoms with Gasteiger partial charge in [-0.25, -0.2) is 4.79 Å². The molecule has 0 aliphatic carbocycles. The summed E-state index contributed by atoms with van der Waals surface area (Å²) in [5, 5.41) is 20.4. The van der Waals surface area contributed by atoms with E-state index in [2.05, 4.69) is 15.1 Å². The smallest absolute Gasteiger partial charge is 0.371 e. The Morgan fingerprint density at radius 2 is 2.17 bits per heavy atom. The minimum atomic E-state index is -0.675. The molecule has 0 fully saturated rings. The lowest BCUT2D eigenvalue weighted by Gasteiger charge is -2.11. The maximum absolute atomic E-state index is 11.4. The first-order valence-corrected chi connectivity index (χ1v) is 5.21. The van der Waals surface area contributed by atoms with Gasteiger partial charge in [-0.3, -0.25) is 5.10 Å². The van der Waals surface area contributed by atoms with Gasteiger partial charge in [0.15, 0.2) is 5.65 Å². The van der Waals surface area contributed by atoms with Gasteiger partial charge in [0, 0.05) is 11.8 Å². The summed E-state index contributed by atoms with van der Waals surface area (Å²) < 4.78 is 6.36. The van der Waals surface area contributed by atoms with E-state index in [1.807, 2.05) is 0 Å². The van der Waals surface area contributed by atoms with Gasteiger partial charge in [0.2, 0.25) is 5.95 Å². The molecule has 2 heterocycles. The number of nitrogens with zero attached hydrogens (tertiary/aromatic N) is 3. The normalized spacial score (nSPS) is 11.5. The number of aliphatic hydroxyl groups excluding tert-OH is 2. The largest absolute Gasteiger partial charge is 0.394 e. The van der Waals surface area contributed by atoms with Gasteiger partial charge in [0.25, 0.3) is 0 Å². The van der Waals surface area contributed by atoms with E-state index in [9.17, 15) is 4.79 Å². The fourth-order valence-electron chi connectivity index (χ4n) is 1.44. The summed E-state index contributed by atoms with van der Waals surface area (Å²) in [6.07, 6.45) is 0.849. The zero-order valence-electron chi connectivity index (χ0n) is 9.41. The number of ether oxygens (including phenoxy) is 1. The molecule has 0 saturated heterocycles. The van der Waals surface area contributed by atoms with Crippen LogP contribution in [0.5, 0.6) is 0 Å². The number of fused-ring (bicyclic) bond motifs is 1. The number of aliphatic hydroxyl groups is 2. The van der Waals surface area contributed by atoms with Crippen molar-refractivity contribution in [3.8, 4) is 0 Å². The van der Waals surface area contributed by atoms with Crippen molar-refractivity contribution in [3.05, 3.63) is 22.2 Å². The highest BCUT2D eigenvalue weighted by Crippen LogP contribution is 2.09. The van der Waals surface area contributed by atoms with Crippen LogP contribution in [0.25, 0.3) is 5.65 Å². The molecule has 9 heteroatoms. The van der Waals surface area contributed by atoms with E-state index >= 15 is 0 Å². The summed E-state index contributed by atoms with van der Waals surface area (Å²) >= 11 is 0. The molecule has 18 heavy (non-hydrogen) atoms. The summed E-state index contributed by atoms with van der Waals surface area (Å²) in [4.78, 5) is 18.8. The molecule has 0 saturated carbocycles. The summed E-state index contributed by atoms with van der Waals surface area (Å²) in [5.41, 5.74) is 5.71. The third kappa shape index (κ3) is 2.32. The molecule has 0 unspecified atom stereocenters. The van der Waals surface area contributed by atoms with Gasteiger partial charge in [-0.05, 0) is 0 Å². The van der Waals surface area contributed by atoms with Gasteiger partial charge in [-0.2, -0.15) is 14.5 Å². The van der Waals surface area contributed by atoms with Crippen LogP contribution in [0.2, 0.25) is 0 Å². The van der Waals surface area contributed by atoms with Crippen molar-refractivity contribution >= 4 is 11.6 Å². The van der Waals surface area contributed by atoms with Crippen molar-refractivity contribution in [3.63, 3.8) is 0 Å². The number of hydrogen-bond donors (Lipinski definition) is 4. The second-order valence-corrected chi connectivity index (χ2v) is 3.62. The standard InChI is InChI=1S/C9H13N5O4/c10-8-12-7-5(4-18-6(2-15)3-16)1-11-14(7)9(17)13-8/h1,6,11,15-16H,2-4H2,(H2,10,13,17). The number of rotatable bonds is 5. The molecule has 2 aromatic heterocycles. The van der Waals surface area contributed by atoms with Gasteiger partial charge >= 0.3 is 5.69 Å². The molecule has 5 N–H and O–H groups in total. The Morgan fingerprint density at radius 1 is 1.44 bits per heavy atom. The van der Waals surface area contributed by atoms with Crippen LogP contribution < -0.4 is 11.4 Å². The third-order valence-electron chi connectivity index (χ3n) is 2.37. The monoisotopic (exact) mass is 255 g/mol. The molecule has 0 amide bonds. The molecule has 0 aliphatic heterocycles. The van der Waals surface area contributed by atoms with Crippen LogP contribution in [0, 0.1) is 0 Å². The summed E-state index contributed by atoms with van der Waals surface area (Å²) in [6, 6.07) is 0. The minimum Gasteiger partial charge on any atom is -0.394 e. The molecule has 98 valence electrons. The lowest BCUT2D eigenvalue weighted by atomic mass is 10.3. The zero-order valence-corrected chi connectivity index (χ0v) is 9.41. The van der Waals surface area contributed by atoms with E-state index in [-0.39, 0.29) is 25.8 Å². The Bertz CT molecular complexity index is 588. The SMILES string of the molecule is Nc1nc(=O)n2[nH]cc(COC(CO)CO)c2n1. The third-order valence-corrected chi connectivity index (χ3v) is 2.37. The average Bonchev–Trinajstić information content (AvgIpc) is 2.74. The second kappa shape index (κ2) is 5.12. The Morgan fingerprint density at radius 3 is 2.83 bits per heavy atom. The molecule has 0 atom stereocenters. The van der Waals surface area contributed by atoms with Gasteiger partial charge in [0.1, 0.15) is 6.10 Å². The highest BCUT2D eigenvalue weighted by Gasteiger charge is 2.11. The summed E-state index contributed by atoms with van der Waals surface area (Å²) in [7, 11) is 0. The maximum Gasteiger partial charge on any atom is 0.371 e. The predicted octanol–water partition coefficient (Wildman–Crippen LogP) is -2.13. The van der Waals surface area contributed by atoms with Crippen LogP contribution in [-0.2, 0) is 11.3 Å². The van der Waals surface area contributed by atoms with Crippen molar-refractivity contribution < 1.29 is 14.9 Å². The van der Waals surface area contributed by atoms with Crippen molar-refractivity contribution in [2.75, 3.05) is 18.9 Å². The Balaban J connectivity index is 2.27. The van der Waals surface area contributed by atoms with Crippen molar-refractivity contribution in [1.82, 2.24) is 19.6 Å². The quantitative estimate of drug-likeness (QED) is 0.478. The van der Waals surface area contributed by atoms with E-state index in [1.54, 1.807) is 0 Å². The highest BCUT2D eigenvalue weighted by molar-refractivity contribution is 5.47. The highest BCUT2D eigenvalue weighted by atomic mass is 16.5. The van der Waals surface area contributed by atoms with Crippen molar-refractivity contribution in [2.45, 2.75) is 12.7 Å². The Hall–Kier alpha value is -1.97. The number of hydrogen-bond acceptors (Lipinski definition) is 7. The summed E-state index contributed by atoms with van der Waals surface area (Å²) in [6.45, 7) is -0.513. The number of nitrogens with one attached hydrogen (secondary N) is 1. The number of aromatic nitrogens is 4. The van der Waals surface area contributed by atoms with Crippen LogP contribution in [0.3, 0.4) is 0 Å². The Labute approximate surface area is 101 Å². The lowest BCUT2D eigenvalue weighted by Crippen LogP contribution is -2.22. The van der Waals surface area contributed by atoms with E-state index in [4.69, 9.17) is 20.7 Å². The molecule has 0 spiro atoms. The van der Waals surface area contributed by atoms with E-state index < -0.39 is 11.8 Å². The minimum absolute atomic E-state index is 0.0781. The fraction of sp³-hybridized carbons (Fsp3) is 0.444. The van der Waals surface area contributed by atoms with E-state index in [0.717, 1.165) is 4.52 Å². The lowest BCUT2D eigenvalue weighted by molar-refractivity contribution is -0.0281. The van der Waals surface area contributed by atoms with Gasteiger partial charge < -0.3 is 20.7 Å². The molecular formula is C9H13N5O4. The average molecular weight is 255 g/mol. The first-order valence-electron chi connectivity index (χ1n) is 5.21. The summed E-state index contributed by atoms with van der Waals surface area (Å²) in [5.74, 6) is -0.123. The number of H-pyrrole nitrogens is 1. The Kier molecular flexibility index (Phi) is 3.55. The van der Waals surface area contributed by atoms with Crippen LogP contribution in [0.15, 0.2) is 11.0 Å². The first kappa shape index (κ1) is 12.5. The fourth-order valence-corrected chi connectivity index (χ4v) is 1.44. The van der Waals surface area contributed by atoms with E-state index in [0.29, 0.717) is 11.2 Å². The number of nitrogen functional groups attached to an aromatic ring is 1. The van der Waals surface area contributed by atoms with Gasteiger partial charge in [-0.1, -0.05) is 0 Å². The molecule has 0 aromatic carbocycles. The van der Waals surface area contributed by atoms with Crippen molar-refractivity contribution in [1.29, 1.82) is 0 Å². The first-order chi connectivity index (χ1) is 8.65. The molecule has 0 radical (unpaired) electrons. The van der Waals surface area contributed by atoms with E-state index in [1.165, 1.54) is 6.20 Å². The predicted molar refractivity (Wildman–Crippen MR) is 60.8 cm³/mol. The molecule has 9 nitrogen and oxygen atoms in total. The second-order valence-electron chi connectivity index (χ2n) is 3.62. The van der Waals surface area contributed by atoms with Gasteiger partial charge in [0.05, 0.1) is 19.8 Å². The van der Waals surface area contributed by atoms with Crippen LogP contribution in [0.4, 0.5) is 5.95 Å². The number of anilines is 1. The molecule has 2 aromatic rings. The van der Waals surface area contributed by atoms with Crippen LogP contribution >= 0.6 is 0 Å². The molecule has 0 bridgehead atoms. The van der Waals surface area contributed by atoms with Crippen molar-refractivity contribution in [2.24, 2.45) is 0 Å². The topological polar surface area (TPSA) is 139 Å². The number of nitrogens with two attached hydrogens (primary N) is 1. The van der Waals surface area contributed by atoms with Crippen LogP contribution in [0.1, 0.15) is 5.56 Å². The molecule has 0 aliphatic rings. The van der Waals surface area contributed by atoms with Gasteiger partial charge in [-0.15, -0.1) is 0 Å². The zero-order chi connectivity index (χ0) is 13.1. The molecule has 2 rings (SSSR count). The molecular weight excluding hydrogens is 242 g/mol. The number of aromatic amines is 1. The maximum atomic E-state index is 11.4.